The summed E-state index contributed by atoms with van der Waals surface area (Å²) in [4.78, 5) is 0. The SMILES string of the molecule is OC1(CNC2CCCCc3ccccc32)CCCCC1. The Morgan fingerprint density at radius 1 is 1.05 bits per heavy atom. The average Bonchev–Trinajstić information content (AvgIpc) is 2.68. The van der Waals surface area contributed by atoms with Crippen molar-refractivity contribution in [3.05, 3.63) is 35.4 Å². The van der Waals surface area contributed by atoms with Gasteiger partial charge in [0.1, 0.15) is 0 Å². The molecule has 0 radical (unpaired) electrons. The van der Waals surface area contributed by atoms with Crippen molar-refractivity contribution < 1.29 is 5.11 Å². The van der Waals surface area contributed by atoms with Crippen LogP contribution in [0.1, 0.15) is 68.5 Å². The number of rotatable bonds is 3. The molecule has 1 saturated carbocycles. The number of aryl methyl sites for hydroxylation is 1. The maximum Gasteiger partial charge on any atom is 0.0771 e. The van der Waals surface area contributed by atoms with Crippen molar-refractivity contribution >= 4 is 0 Å². The summed E-state index contributed by atoms with van der Waals surface area (Å²) in [6.07, 6.45) is 10.6. The van der Waals surface area contributed by atoms with Gasteiger partial charge < -0.3 is 10.4 Å². The van der Waals surface area contributed by atoms with Crippen LogP contribution in [0.2, 0.25) is 0 Å². The molecule has 20 heavy (non-hydrogen) atoms. The van der Waals surface area contributed by atoms with Crippen molar-refractivity contribution in [3.63, 3.8) is 0 Å². The largest absolute Gasteiger partial charge is 0.389 e. The zero-order valence-electron chi connectivity index (χ0n) is 12.4. The standard InChI is InChI=1S/C18H27NO/c20-18(12-6-1-7-13-18)14-19-17-11-5-3-9-15-8-2-4-10-16(15)17/h2,4,8,10,17,19-20H,1,3,5-7,9,11-14H2. The number of aliphatic hydroxyl groups is 1. The van der Waals surface area contributed by atoms with E-state index in [1.165, 1.54) is 56.1 Å². The van der Waals surface area contributed by atoms with Crippen molar-refractivity contribution in [1.82, 2.24) is 5.32 Å². The summed E-state index contributed by atoms with van der Waals surface area (Å²) in [5.41, 5.74) is 2.50. The van der Waals surface area contributed by atoms with Crippen LogP contribution in [0.4, 0.5) is 0 Å². The van der Waals surface area contributed by atoms with Gasteiger partial charge in [-0.15, -0.1) is 0 Å². The van der Waals surface area contributed by atoms with Crippen LogP contribution >= 0.6 is 0 Å². The minimum Gasteiger partial charge on any atom is -0.389 e. The first-order chi connectivity index (χ1) is 9.77. The van der Waals surface area contributed by atoms with Crippen LogP contribution in [0.15, 0.2) is 24.3 Å². The first kappa shape index (κ1) is 14.1. The van der Waals surface area contributed by atoms with Crippen LogP contribution in [0.25, 0.3) is 0 Å². The van der Waals surface area contributed by atoms with E-state index in [4.69, 9.17) is 0 Å². The highest BCUT2D eigenvalue weighted by atomic mass is 16.3. The molecule has 1 unspecified atom stereocenters. The molecule has 1 aromatic rings. The molecular weight excluding hydrogens is 246 g/mol. The van der Waals surface area contributed by atoms with Gasteiger partial charge in [0.2, 0.25) is 0 Å². The van der Waals surface area contributed by atoms with Crippen LogP contribution < -0.4 is 5.32 Å². The van der Waals surface area contributed by atoms with Gasteiger partial charge in [0.05, 0.1) is 5.60 Å². The van der Waals surface area contributed by atoms with Crippen molar-refractivity contribution in [1.29, 1.82) is 0 Å². The molecule has 2 N–H and O–H groups in total. The minimum absolute atomic E-state index is 0.430. The topological polar surface area (TPSA) is 32.3 Å². The van der Waals surface area contributed by atoms with Crippen molar-refractivity contribution in [2.75, 3.05) is 6.54 Å². The molecule has 0 spiro atoms. The summed E-state index contributed by atoms with van der Waals surface area (Å²) < 4.78 is 0. The van der Waals surface area contributed by atoms with E-state index in [1.807, 2.05) is 0 Å². The lowest BCUT2D eigenvalue weighted by molar-refractivity contribution is 0.00235. The summed E-state index contributed by atoms with van der Waals surface area (Å²) in [5.74, 6) is 0. The van der Waals surface area contributed by atoms with Gasteiger partial charge in [0.15, 0.2) is 0 Å². The Kier molecular flexibility index (Phi) is 4.42. The fourth-order valence-corrected chi connectivity index (χ4v) is 3.83. The molecule has 2 aliphatic carbocycles. The molecule has 2 heteroatoms. The Labute approximate surface area is 122 Å². The maximum atomic E-state index is 10.7. The normalized spacial score (nSPS) is 25.8. The molecule has 0 aromatic heterocycles. The molecule has 1 fully saturated rings. The van der Waals surface area contributed by atoms with Gasteiger partial charge in [0.25, 0.3) is 0 Å². The van der Waals surface area contributed by atoms with Gasteiger partial charge >= 0.3 is 0 Å². The number of hydrogen-bond donors (Lipinski definition) is 2. The maximum absolute atomic E-state index is 10.7. The fraction of sp³-hybridized carbons (Fsp3) is 0.667. The lowest BCUT2D eigenvalue weighted by atomic mass is 9.84. The zero-order valence-corrected chi connectivity index (χ0v) is 12.4. The second kappa shape index (κ2) is 6.28. The van der Waals surface area contributed by atoms with Crippen LogP contribution in [-0.4, -0.2) is 17.3 Å². The monoisotopic (exact) mass is 273 g/mol. The summed E-state index contributed by atoms with van der Waals surface area (Å²) in [5, 5.41) is 14.3. The van der Waals surface area contributed by atoms with Gasteiger partial charge in [-0.2, -0.15) is 0 Å². The molecule has 1 atom stereocenters. The van der Waals surface area contributed by atoms with Crippen LogP contribution in [0.3, 0.4) is 0 Å². The van der Waals surface area contributed by atoms with Gasteiger partial charge in [-0.05, 0) is 43.2 Å². The van der Waals surface area contributed by atoms with Crippen LogP contribution in [-0.2, 0) is 6.42 Å². The van der Waals surface area contributed by atoms with Crippen LogP contribution in [0.5, 0.6) is 0 Å². The third-order valence-electron chi connectivity index (χ3n) is 5.08. The molecule has 2 aliphatic rings. The van der Waals surface area contributed by atoms with E-state index in [1.54, 1.807) is 0 Å². The van der Waals surface area contributed by atoms with Gasteiger partial charge in [-0.1, -0.05) is 49.9 Å². The van der Waals surface area contributed by atoms with E-state index in [0.29, 0.717) is 6.04 Å². The van der Waals surface area contributed by atoms with E-state index in [0.717, 1.165) is 19.4 Å². The zero-order chi connectivity index (χ0) is 13.8. The summed E-state index contributed by atoms with van der Waals surface area (Å²) in [7, 11) is 0. The molecule has 110 valence electrons. The summed E-state index contributed by atoms with van der Waals surface area (Å²) in [6, 6.07) is 9.26. The Morgan fingerprint density at radius 3 is 2.70 bits per heavy atom. The predicted octanol–water partition coefficient (Wildman–Crippen LogP) is 3.74. The highest BCUT2D eigenvalue weighted by Gasteiger charge is 2.30. The quantitative estimate of drug-likeness (QED) is 0.822. The molecule has 1 aromatic carbocycles. The smallest absolute Gasteiger partial charge is 0.0771 e. The lowest BCUT2D eigenvalue weighted by Gasteiger charge is -2.34. The molecule has 0 bridgehead atoms. The molecule has 0 saturated heterocycles. The number of fused-ring (bicyclic) bond motifs is 1. The minimum atomic E-state index is -0.459. The first-order valence-corrected chi connectivity index (χ1v) is 8.30. The van der Waals surface area contributed by atoms with E-state index in [9.17, 15) is 5.11 Å². The molecular formula is C18H27NO. The second-order valence-electron chi connectivity index (χ2n) is 6.66. The summed E-state index contributed by atoms with van der Waals surface area (Å²) in [6.45, 7) is 0.756. The van der Waals surface area contributed by atoms with Crippen molar-refractivity contribution in [2.45, 2.75) is 69.4 Å². The van der Waals surface area contributed by atoms with Gasteiger partial charge in [-0.25, -0.2) is 0 Å². The first-order valence-electron chi connectivity index (χ1n) is 8.30. The van der Waals surface area contributed by atoms with Gasteiger partial charge in [0, 0.05) is 12.6 Å². The Morgan fingerprint density at radius 2 is 1.85 bits per heavy atom. The number of hydrogen-bond acceptors (Lipinski definition) is 2. The third-order valence-corrected chi connectivity index (χ3v) is 5.08. The Balaban J connectivity index is 1.67. The van der Waals surface area contributed by atoms with Crippen molar-refractivity contribution in [3.8, 4) is 0 Å². The molecule has 2 nitrogen and oxygen atoms in total. The van der Waals surface area contributed by atoms with E-state index < -0.39 is 5.60 Å². The van der Waals surface area contributed by atoms with Gasteiger partial charge in [-0.3, -0.25) is 0 Å². The molecule has 0 amide bonds. The van der Waals surface area contributed by atoms with E-state index in [2.05, 4.69) is 29.6 Å². The Hall–Kier alpha value is -0.860. The molecule has 3 rings (SSSR count). The number of benzene rings is 1. The van der Waals surface area contributed by atoms with Crippen molar-refractivity contribution in [2.24, 2.45) is 0 Å². The molecule has 0 heterocycles. The Bertz CT molecular complexity index is 437. The lowest BCUT2D eigenvalue weighted by Crippen LogP contribution is -2.43. The van der Waals surface area contributed by atoms with E-state index >= 15 is 0 Å². The highest BCUT2D eigenvalue weighted by molar-refractivity contribution is 5.31. The summed E-state index contributed by atoms with van der Waals surface area (Å²) >= 11 is 0. The third kappa shape index (κ3) is 3.24. The second-order valence-corrected chi connectivity index (χ2v) is 6.66. The average molecular weight is 273 g/mol. The highest BCUT2D eigenvalue weighted by Crippen LogP contribution is 2.31. The predicted molar refractivity (Wildman–Crippen MR) is 82.8 cm³/mol. The fourth-order valence-electron chi connectivity index (χ4n) is 3.83. The molecule has 0 aliphatic heterocycles. The van der Waals surface area contributed by atoms with E-state index in [-0.39, 0.29) is 0 Å². The van der Waals surface area contributed by atoms with Crippen LogP contribution in [0, 0.1) is 0 Å². The number of nitrogens with one attached hydrogen (secondary N) is 1.